The van der Waals surface area contributed by atoms with E-state index in [1.54, 1.807) is 24.3 Å². The van der Waals surface area contributed by atoms with Crippen molar-refractivity contribution in [2.75, 3.05) is 20.8 Å². The molecule has 1 aromatic rings. The Balaban J connectivity index is 3.16. The summed E-state index contributed by atoms with van der Waals surface area (Å²) in [5.41, 5.74) is 4.71. The molecule has 0 saturated carbocycles. The van der Waals surface area contributed by atoms with Crippen LogP contribution in [-0.2, 0) is 15.1 Å². The van der Waals surface area contributed by atoms with Gasteiger partial charge in [-0.1, -0.05) is 12.1 Å². The van der Waals surface area contributed by atoms with Gasteiger partial charge in [0.25, 0.3) is 0 Å². The summed E-state index contributed by atoms with van der Waals surface area (Å²) in [7, 11) is 2.73. The third-order valence-electron chi connectivity index (χ3n) is 2.38. The van der Waals surface area contributed by atoms with Crippen LogP contribution in [0.5, 0.6) is 5.75 Å². The number of esters is 1. The molecule has 1 unspecified atom stereocenters. The molecule has 0 heterocycles. The van der Waals surface area contributed by atoms with Crippen molar-refractivity contribution in [2.24, 2.45) is 5.73 Å². The molecule has 0 radical (unpaired) electrons. The molecule has 0 aromatic heterocycles. The minimum atomic E-state index is -1.55. The van der Waals surface area contributed by atoms with Crippen LogP contribution in [0.2, 0.25) is 0 Å². The van der Waals surface area contributed by atoms with E-state index >= 15 is 0 Å². The minimum Gasteiger partial charge on any atom is -0.497 e. The van der Waals surface area contributed by atoms with Gasteiger partial charge in [0.05, 0.1) is 20.8 Å². The van der Waals surface area contributed by atoms with Crippen LogP contribution in [-0.4, -0.2) is 31.9 Å². The molecule has 5 nitrogen and oxygen atoms in total. The van der Waals surface area contributed by atoms with Crippen LogP contribution >= 0.6 is 0 Å². The molecule has 88 valence electrons. The molecule has 0 aliphatic rings. The first-order valence-electron chi connectivity index (χ1n) is 4.71. The number of aliphatic hydroxyl groups excluding tert-OH is 1. The van der Waals surface area contributed by atoms with Crippen molar-refractivity contribution < 1.29 is 19.4 Å². The van der Waals surface area contributed by atoms with Gasteiger partial charge in [0.15, 0.2) is 5.54 Å². The number of hydrogen-bond donors (Lipinski definition) is 2. The fourth-order valence-electron chi connectivity index (χ4n) is 1.36. The number of ether oxygens (including phenoxy) is 2. The van der Waals surface area contributed by atoms with Gasteiger partial charge in [-0.2, -0.15) is 0 Å². The number of methoxy groups -OCH3 is 2. The van der Waals surface area contributed by atoms with Crippen LogP contribution in [0.25, 0.3) is 0 Å². The molecule has 5 heteroatoms. The standard InChI is InChI=1S/C11H15NO4/c1-15-9-5-3-4-8(6-9)11(12,7-13)10(14)16-2/h3-6,13H,7,12H2,1-2H3. The van der Waals surface area contributed by atoms with Gasteiger partial charge in [0.2, 0.25) is 0 Å². The maximum Gasteiger partial charge on any atom is 0.332 e. The summed E-state index contributed by atoms with van der Waals surface area (Å²) >= 11 is 0. The van der Waals surface area contributed by atoms with Crippen LogP contribution < -0.4 is 10.5 Å². The molecule has 0 bridgehead atoms. The van der Waals surface area contributed by atoms with E-state index in [0.717, 1.165) is 0 Å². The molecule has 0 saturated heterocycles. The van der Waals surface area contributed by atoms with Gasteiger partial charge in [-0.05, 0) is 17.7 Å². The fourth-order valence-corrected chi connectivity index (χ4v) is 1.36. The Morgan fingerprint density at radius 2 is 2.19 bits per heavy atom. The van der Waals surface area contributed by atoms with Crippen LogP contribution in [0, 0.1) is 0 Å². The van der Waals surface area contributed by atoms with E-state index in [-0.39, 0.29) is 0 Å². The molecule has 3 N–H and O–H groups in total. The lowest BCUT2D eigenvalue weighted by atomic mass is 9.92. The molecule has 16 heavy (non-hydrogen) atoms. The topological polar surface area (TPSA) is 81.8 Å². The van der Waals surface area contributed by atoms with Gasteiger partial charge in [0.1, 0.15) is 5.75 Å². The first-order chi connectivity index (χ1) is 7.58. The van der Waals surface area contributed by atoms with Crippen molar-refractivity contribution >= 4 is 5.97 Å². The van der Waals surface area contributed by atoms with E-state index in [1.165, 1.54) is 14.2 Å². The Kier molecular flexibility index (Phi) is 3.87. The SMILES string of the molecule is COC(=O)C(N)(CO)c1cccc(OC)c1. The second-order valence-electron chi connectivity index (χ2n) is 3.35. The van der Waals surface area contributed by atoms with E-state index in [2.05, 4.69) is 4.74 Å². The van der Waals surface area contributed by atoms with Crippen molar-refractivity contribution in [3.8, 4) is 5.75 Å². The zero-order valence-corrected chi connectivity index (χ0v) is 9.27. The number of aliphatic hydroxyl groups is 1. The average molecular weight is 225 g/mol. The molecule has 1 rings (SSSR count). The monoisotopic (exact) mass is 225 g/mol. The Morgan fingerprint density at radius 3 is 2.69 bits per heavy atom. The van der Waals surface area contributed by atoms with Crippen molar-refractivity contribution in [3.63, 3.8) is 0 Å². The van der Waals surface area contributed by atoms with E-state index in [9.17, 15) is 9.90 Å². The zero-order valence-electron chi connectivity index (χ0n) is 9.27. The second-order valence-corrected chi connectivity index (χ2v) is 3.35. The number of hydrogen-bond acceptors (Lipinski definition) is 5. The minimum absolute atomic E-state index is 0.446. The number of carbonyl (C=O) groups excluding carboxylic acids is 1. The lowest BCUT2D eigenvalue weighted by molar-refractivity contribution is -0.149. The average Bonchev–Trinajstić information content (AvgIpc) is 2.36. The lowest BCUT2D eigenvalue weighted by Gasteiger charge is -2.24. The van der Waals surface area contributed by atoms with Crippen LogP contribution in [0.15, 0.2) is 24.3 Å². The molecule has 0 aliphatic carbocycles. The van der Waals surface area contributed by atoms with Crippen LogP contribution in [0.3, 0.4) is 0 Å². The Bertz CT molecular complexity index is 380. The molecule has 1 aromatic carbocycles. The largest absolute Gasteiger partial charge is 0.497 e. The normalized spacial score (nSPS) is 14.0. The van der Waals surface area contributed by atoms with E-state index in [0.29, 0.717) is 11.3 Å². The molecular formula is C11H15NO4. The van der Waals surface area contributed by atoms with E-state index in [1.807, 2.05) is 0 Å². The predicted octanol–water partition coefficient (Wildman–Crippen LogP) is 0.0145. The van der Waals surface area contributed by atoms with Gasteiger partial charge >= 0.3 is 5.97 Å². The predicted molar refractivity (Wildman–Crippen MR) is 58.0 cm³/mol. The third kappa shape index (κ3) is 2.15. The summed E-state index contributed by atoms with van der Waals surface area (Å²) in [4.78, 5) is 11.5. The van der Waals surface area contributed by atoms with Gasteiger partial charge in [-0.25, -0.2) is 4.79 Å². The summed E-state index contributed by atoms with van der Waals surface area (Å²) in [6.07, 6.45) is 0. The number of rotatable bonds is 4. The third-order valence-corrected chi connectivity index (χ3v) is 2.38. The Morgan fingerprint density at radius 1 is 1.50 bits per heavy atom. The van der Waals surface area contributed by atoms with E-state index in [4.69, 9.17) is 10.5 Å². The summed E-state index contributed by atoms with van der Waals surface area (Å²) in [5.74, 6) is -0.132. The molecule has 1 atom stereocenters. The van der Waals surface area contributed by atoms with Crippen molar-refractivity contribution in [3.05, 3.63) is 29.8 Å². The van der Waals surface area contributed by atoms with Gasteiger partial charge in [-0.3, -0.25) is 0 Å². The maximum atomic E-state index is 11.5. The molecular weight excluding hydrogens is 210 g/mol. The quantitative estimate of drug-likeness (QED) is 0.706. The Labute approximate surface area is 93.8 Å². The summed E-state index contributed by atoms with van der Waals surface area (Å²) < 4.78 is 9.59. The van der Waals surface area contributed by atoms with Gasteiger partial charge in [0, 0.05) is 0 Å². The first kappa shape index (κ1) is 12.5. The van der Waals surface area contributed by atoms with Crippen LogP contribution in [0.4, 0.5) is 0 Å². The zero-order chi connectivity index (χ0) is 12.2. The smallest absolute Gasteiger partial charge is 0.332 e. The second kappa shape index (κ2) is 4.96. The molecule has 0 amide bonds. The molecule has 0 fully saturated rings. The number of carbonyl (C=O) groups is 1. The van der Waals surface area contributed by atoms with Crippen molar-refractivity contribution in [1.82, 2.24) is 0 Å². The summed E-state index contributed by atoms with van der Waals surface area (Å²) in [6, 6.07) is 6.63. The van der Waals surface area contributed by atoms with Gasteiger partial charge in [-0.15, -0.1) is 0 Å². The highest BCUT2D eigenvalue weighted by Crippen LogP contribution is 2.23. The highest BCUT2D eigenvalue weighted by molar-refractivity contribution is 5.82. The van der Waals surface area contributed by atoms with Crippen molar-refractivity contribution in [2.45, 2.75) is 5.54 Å². The molecule has 0 aliphatic heterocycles. The molecule has 0 spiro atoms. The highest BCUT2D eigenvalue weighted by Gasteiger charge is 2.36. The summed E-state index contributed by atoms with van der Waals surface area (Å²) in [5, 5.41) is 9.24. The highest BCUT2D eigenvalue weighted by atomic mass is 16.5. The van der Waals surface area contributed by atoms with Crippen LogP contribution in [0.1, 0.15) is 5.56 Å². The first-order valence-corrected chi connectivity index (χ1v) is 4.71. The lowest BCUT2D eigenvalue weighted by Crippen LogP contribution is -2.48. The van der Waals surface area contributed by atoms with E-state index < -0.39 is 18.1 Å². The van der Waals surface area contributed by atoms with Crippen molar-refractivity contribution in [1.29, 1.82) is 0 Å². The number of benzene rings is 1. The maximum absolute atomic E-state index is 11.5. The van der Waals surface area contributed by atoms with Gasteiger partial charge < -0.3 is 20.3 Å². The summed E-state index contributed by atoms with van der Waals surface area (Å²) in [6.45, 7) is -0.535. The Hall–Kier alpha value is -1.59. The number of nitrogens with two attached hydrogens (primary N) is 1. The fraction of sp³-hybridized carbons (Fsp3) is 0.364.